The lowest BCUT2D eigenvalue weighted by molar-refractivity contribution is -0.129. The first-order valence-corrected chi connectivity index (χ1v) is 9.14. The van der Waals surface area contributed by atoms with E-state index in [1.807, 2.05) is 30.3 Å². The first-order chi connectivity index (χ1) is 14.5. The topological polar surface area (TPSA) is 117 Å². The van der Waals surface area contributed by atoms with Crippen molar-refractivity contribution in [3.05, 3.63) is 66.2 Å². The molecule has 0 bridgehead atoms. The number of rotatable bonds is 6. The zero-order valence-electron chi connectivity index (χ0n) is 16.0. The predicted molar refractivity (Wildman–Crippen MR) is 109 cm³/mol. The first-order valence-electron chi connectivity index (χ1n) is 9.14. The number of amides is 4. The van der Waals surface area contributed by atoms with Gasteiger partial charge in [-0.2, -0.15) is 0 Å². The van der Waals surface area contributed by atoms with Crippen LogP contribution in [0.25, 0.3) is 6.08 Å². The van der Waals surface area contributed by atoms with E-state index >= 15 is 0 Å². The third-order valence-corrected chi connectivity index (χ3v) is 4.10. The maximum absolute atomic E-state index is 12.1. The van der Waals surface area contributed by atoms with Gasteiger partial charge in [0, 0.05) is 6.08 Å². The zero-order chi connectivity index (χ0) is 21.3. The summed E-state index contributed by atoms with van der Waals surface area (Å²) in [7, 11) is 0. The standard InChI is InChI=1S/C21H20N4O5/c26-18(11-10-15-6-2-1-3-7-15)22-12-19(27)23-24-20(28)13-25-16-8-4-5-9-17(16)30-14-21(25)29/h1-11H,12-14H2,(H,22,26)(H,23,27)(H,24,28)/b11-10+. The number of hydrogen-bond acceptors (Lipinski definition) is 5. The summed E-state index contributed by atoms with van der Waals surface area (Å²) >= 11 is 0. The van der Waals surface area contributed by atoms with Crippen LogP contribution in [0.3, 0.4) is 0 Å². The van der Waals surface area contributed by atoms with Crippen LogP contribution < -0.4 is 25.8 Å². The van der Waals surface area contributed by atoms with Gasteiger partial charge in [-0.25, -0.2) is 0 Å². The summed E-state index contributed by atoms with van der Waals surface area (Å²) in [5.41, 5.74) is 5.74. The zero-order valence-corrected chi connectivity index (χ0v) is 16.0. The molecule has 0 saturated heterocycles. The fourth-order valence-electron chi connectivity index (χ4n) is 2.66. The molecule has 1 heterocycles. The number of nitrogens with one attached hydrogen (secondary N) is 3. The molecule has 9 nitrogen and oxygen atoms in total. The van der Waals surface area contributed by atoms with Crippen LogP contribution in [0.1, 0.15) is 5.56 Å². The second-order valence-corrected chi connectivity index (χ2v) is 6.29. The molecule has 2 aromatic rings. The Morgan fingerprint density at radius 1 is 0.967 bits per heavy atom. The van der Waals surface area contributed by atoms with Gasteiger partial charge in [0.15, 0.2) is 6.61 Å². The van der Waals surface area contributed by atoms with Gasteiger partial charge in [0.1, 0.15) is 12.3 Å². The van der Waals surface area contributed by atoms with Gasteiger partial charge in [0.2, 0.25) is 5.91 Å². The highest BCUT2D eigenvalue weighted by Gasteiger charge is 2.26. The Morgan fingerprint density at radius 3 is 2.47 bits per heavy atom. The minimum atomic E-state index is -0.612. The average molecular weight is 408 g/mol. The van der Waals surface area contributed by atoms with Gasteiger partial charge in [-0.1, -0.05) is 42.5 Å². The molecule has 1 aliphatic heterocycles. The van der Waals surface area contributed by atoms with Crippen LogP contribution in [0.2, 0.25) is 0 Å². The number of hydrogen-bond donors (Lipinski definition) is 3. The molecule has 30 heavy (non-hydrogen) atoms. The fraction of sp³-hybridized carbons (Fsp3) is 0.143. The monoisotopic (exact) mass is 408 g/mol. The summed E-state index contributed by atoms with van der Waals surface area (Å²) in [5.74, 6) is -1.52. The van der Waals surface area contributed by atoms with Crippen LogP contribution >= 0.6 is 0 Å². The molecular formula is C21H20N4O5. The summed E-state index contributed by atoms with van der Waals surface area (Å²) in [6.07, 6.45) is 2.93. The third-order valence-electron chi connectivity index (χ3n) is 4.10. The highest BCUT2D eigenvalue weighted by molar-refractivity contribution is 6.02. The molecule has 2 aromatic carbocycles. The van der Waals surface area contributed by atoms with E-state index in [4.69, 9.17) is 4.74 Å². The maximum atomic E-state index is 12.1. The largest absolute Gasteiger partial charge is 0.482 e. The van der Waals surface area contributed by atoms with Gasteiger partial charge in [-0.15, -0.1) is 0 Å². The quantitative estimate of drug-likeness (QED) is 0.472. The van der Waals surface area contributed by atoms with Crippen molar-refractivity contribution in [1.82, 2.24) is 16.2 Å². The van der Waals surface area contributed by atoms with E-state index in [-0.39, 0.29) is 25.6 Å². The molecule has 154 valence electrons. The van der Waals surface area contributed by atoms with Gasteiger partial charge in [-0.3, -0.25) is 34.9 Å². The third kappa shape index (κ3) is 5.68. The van der Waals surface area contributed by atoms with E-state index < -0.39 is 17.7 Å². The van der Waals surface area contributed by atoms with Crippen LogP contribution in [-0.2, 0) is 19.2 Å². The highest BCUT2D eigenvalue weighted by Crippen LogP contribution is 2.30. The number of anilines is 1. The smallest absolute Gasteiger partial charge is 0.265 e. The number of carbonyl (C=O) groups excluding carboxylic acids is 4. The van der Waals surface area contributed by atoms with Gasteiger partial charge in [0.25, 0.3) is 17.7 Å². The highest BCUT2D eigenvalue weighted by atomic mass is 16.5. The number of fused-ring (bicyclic) bond motifs is 1. The second kappa shape index (κ2) is 9.87. The Labute approximate surface area is 172 Å². The predicted octanol–water partition coefficient (Wildman–Crippen LogP) is 0.389. The normalized spacial score (nSPS) is 12.7. The van der Waals surface area contributed by atoms with E-state index in [0.29, 0.717) is 11.4 Å². The Hall–Kier alpha value is -4.14. The molecule has 1 aliphatic rings. The Morgan fingerprint density at radius 2 is 1.67 bits per heavy atom. The van der Waals surface area contributed by atoms with Gasteiger partial charge < -0.3 is 10.1 Å². The molecule has 9 heteroatoms. The van der Waals surface area contributed by atoms with Crippen LogP contribution in [0.4, 0.5) is 5.69 Å². The molecule has 3 N–H and O–H groups in total. The molecule has 0 atom stereocenters. The number of ether oxygens (including phenoxy) is 1. The Kier molecular flexibility index (Phi) is 6.78. The molecule has 0 radical (unpaired) electrons. The van der Waals surface area contributed by atoms with Crippen LogP contribution in [-0.4, -0.2) is 43.3 Å². The molecule has 0 aliphatic carbocycles. The number of carbonyl (C=O) groups is 4. The molecule has 0 unspecified atom stereocenters. The lowest BCUT2D eigenvalue weighted by atomic mass is 10.2. The SMILES string of the molecule is O=C(/C=C/c1ccccc1)NCC(=O)NNC(=O)CN1C(=O)COc2ccccc21. The number of nitrogens with zero attached hydrogens (tertiary/aromatic N) is 1. The van der Waals surface area contributed by atoms with Crippen LogP contribution in [0, 0.1) is 0 Å². The first kappa shape index (κ1) is 20.6. The van der Waals surface area contributed by atoms with Crippen molar-refractivity contribution >= 4 is 35.4 Å². The van der Waals surface area contributed by atoms with E-state index in [9.17, 15) is 19.2 Å². The molecule has 0 spiro atoms. The molecule has 4 amide bonds. The molecule has 3 rings (SSSR count). The second-order valence-electron chi connectivity index (χ2n) is 6.29. The van der Waals surface area contributed by atoms with E-state index in [2.05, 4.69) is 16.2 Å². The molecular weight excluding hydrogens is 388 g/mol. The lowest BCUT2D eigenvalue weighted by Gasteiger charge is -2.28. The van der Waals surface area contributed by atoms with Crippen LogP contribution in [0.15, 0.2) is 60.7 Å². The molecule has 0 fully saturated rings. The number of hydrazine groups is 1. The lowest BCUT2D eigenvalue weighted by Crippen LogP contribution is -2.51. The van der Waals surface area contributed by atoms with Gasteiger partial charge in [-0.05, 0) is 23.8 Å². The van der Waals surface area contributed by atoms with Crippen molar-refractivity contribution < 1.29 is 23.9 Å². The fourth-order valence-corrected chi connectivity index (χ4v) is 2.66. The van der Waals surface area contributed by atoms with Gasteiger partial charge >= 0.3 is 0 Å². The Balaban J connectivity index is 1.41. The maximum Gasteiger partial charge on any atom is 0.265 e. The average Bonchev–Trinajstić information content (AvgIpc) is 2.77. The van der Waals surface area contributed by atoms with E-state index in [1.54, 1.807) is 30.3 Å². The Bertz CT molecular complexity index is 974. The van der Waals surface area contributed by atoms with Crippen molar-refractivity contribution in [3.63, 3.8) is 0 Å². The minimum absolute atomic E-state index is 0.167. The van der Waals surface area contributed by atoms with Crippen molar-refractivity contribution in [3.8, 4) is 5.75 Å². The summed E-state index contributed by atoms with van der Waals surface area (Å²) in [6, 6.07) is 16.1. The van der Waals surface area contributed by atoms with E-state index in [0.717, 1.165) is 5.56 Å². The van der Waals surface area contributed by atoms with Crippen molar-refractivity contribution in [2.75, 3.05) is 24.6 Å². The summed E-state index contributed by atoms with van der Waals surface area (Å²) in [4.78, 5) is 49.0. The van der Waals surface area contributed by atoms with Crippen molar-refractivity contribution in [1.29, 1.82) is 0 Å². The van der Waals surface area contributed by atoms with Gasteiger partial charge in [0.05, 0.1) is 12.2 Å². The minimum Gasteiger partial charge on any atom is -0.482 e. The summed E-state index contributed by atoms with van der Waals surface area (Å²) in [5, 5.41) is 2.41. The number of para-hydroxylation sites is 2. The van der Waals surface area contributed by atoms with Crippen molar-refractivity contribution in [2.24, 2.45) is 0 Å². The number of benzene rings is 2. The summed E-state index contributed by atoms with van der Waals surface area (Å²) < 4.78 is 5.31. The molecule has 0 aromatic heterocycles. The molecule has 0 saturated carbocycles. The van der Waals surface area contributed by atoms with E-state index in [1.165, 1.54) is 11.0 Å². The summed E-state index contributed by atoms with van der Waals surface area (Å²) in [6.45, 7) is -0.775. The van der Waals surface area contributed by atoms with Crippen LogP contribution in [0.5, 0.6) is 5.75 Å². The van der Waals surface area contributed by atoms with Crippen molar-refractivity contribution in [2.45, 2.75) is 0 Å².